The van der Waals surface area contributed by atoms with Crippen LogP contribution >= 0.6 is 0 Å². The molecular weight excluding hydrogens is 264 g/mol. The summed E-state index contributed by atoms with van der Waals surface area (Å²) in [6.45, 7) is 4.93. The Bertz CT molecular complexity index is 578. The molecule has 0 aliphatic heterocycles. The summed E-state index contributed by atoms with van der Waals surface area (Å²) in [6.07, 6.45) is 1.81. The van der Waals surface area contributed by atoms with Crippen molar-refractivity contribution in [1.82, 2.24) is 15.5 Å². The van der Waals surface area contributed by atoms with E-state index in [1.165, 1.54) is 12.1 Å². The van der Waals surface area contributed by atoms with E-state index in [0.717, 1.165) is 19.4 Å². The second kappa shape index (κ2) is 6.29. The van der Waals surface area contributed by atoms with Crippen LogP contribution in [0.15, 0.2) is 21.0 Å². The summed E-state index contributed by atoms with van der Waals surface area (Å²) in [5.41, 5.74) is 0. The Morgan fingerprint density at radius 3 is 2.75 bits per heavy atom. The number of nitrogens with one attached hydrogen (secondary N) is 1. The molecule has 0 bridgehead atoms. The lowest BCUT2D eigenvalue weighted by molar-refractivity contribution is -0.401. The maximum Gasteiger partial charge on any atom is 0.433 e. The van der Waals surface area contributed by atoms with Crippen molar-refractivity contribution in [1.29, 1.82) is 0 Å². The molecule has 1 unspecified atom stereocenters. The minimum absolute atomic E-state index is 0.0267. The van der Waals surface area contributed by atoms with Gasteiger partial charge in [-0.1, -0.05) is 13.8 Å². The van der Waals surface area contributed by atoms with Gasteiger partial charge in [-0.05, 0) is 25.5 Å². The fraction of sp³-hybridized carbons (Fsp3) is 0.500. The zero-order chi connectivity index (χ0) is 14.5. The maximum atomic E-state index is 10.6. The molecular formula is C12H16N4O4. The molecule has 1 atom stereocenters. The highest BCUT2D eigenvalue weighted by molar-refractivity contribution is 5.46. The molecule has 0 aromatic carbocycles. The first kappa shape index (κ1) is 14.2. The minimum atomic E-state index is -0.613. The van der Waals surface area contributed by atoms with Gasteiger partial charge in [-0.2, -0.15) is 0 Å². The summed E-state index contributed by atoms with van der Waals surface area (Å²) in [5, 5.41) is 21.7. The number of hydrogen-bond donors (Lipinski definition) is 1. The summed E-state index contributed by atoms with van der Waals surface area (Å²) in [7, 11) is 0. The molecule has 0 aliphatic rings. The predicted molar refractivity (Wildman–Crippen MR) is 70.0 cm³/mol. The number of aromatic nitrogens is 2. The molecule has 8 nitrogen and oxygen atoms in total. The summed E-state index contributed by atoms with van der Waals surface area (Å²) in [5.74, 6) is 0.441. The minimum Gasteiger partial charge on any atom is -0.416 e. The van der Waals surface area contributed by atoms with Gasteiger partial charge in [0.25, 0.3) is 5.89 Å². The first-order valence-electron chi connectivity index (χ1n) is 6.47. The normalized spacial score (nSPS) is 12.5. The third-order valence-corrected chi connectivity index (χ3v) is 2.77. The maximum absolute atomic E-state index is 10.6. The largest absolute Gasteiger partial charge is 0.433 e. The molecule has 0 aliphatic carbocycles. The van der Waals surface area contributed by atoms with Crippen LogP contribution in [0.2, 0.25) is 0 Å². The van der Waals surface area contributed by atoms with Crippen molar-refractivity contribution in [3.05, 3.63) is 28.1 Å². The van der Waals surface area contributed by atoms with Crippen LogP contribution in [0.1, 0.15) is 38.6 Å². The van der Waals surface area contributed by atoms with E-state index >= 15 is 0 Å². The Balaban J connectivity index is 2.16. The zero-order valence-corrected chi connectivity index (χ0v) is 11.3. The van der Waals surface area contributed by atoms with Crippen LogP contribution in [0.4, 0.5) is 5.88 Å². The van der Waals surface area contributed by atoms with Crippen LogP contribution in [0.25, 0.3) is 11.7 Å². The molecule has 2 aromatic heterocycles. The highest BCUT2D eigenvalue weighted by atomic mass is 16.6. The second-order valence-electron chi connectivity index (χ2n) is 4.26. The van der Waals surface area contributed by atoms with E-state index in [0.29, 0.717) is 5.89 Å². The Kier molecular flexibility index (Phi) is 4.46. The highest BCUT2D eigenvalue weighted by Gasteiger charge is 2.20. The van der Waals surface area contributed by atoms with Crippen molar-refractivity contribution in [2.75, 3.05) is 6.54 Å². The first-order valence-corrected chi connectivity index (χ1v) is 6.47. The molecule has 2 heterocycles. The molecule has 0 radical (unpaired) electrons. The fourth-order valence-electron chi connectivity index (χ4n) is 1.74. The van der Waals surface area contributed by atoms with Crippen LogP contribution < -0.4 is 5.32 Å². The average molecular weight is 280 g/mol. The Morgan fingerprint density at radius 2 is 2.15 bits per heavy atom. The van der Waals surface area contributed by atoms with Gasteiger partial charge in [0.15, 0.2) is 5.76 Å². The van der Waals surface area contributed by atoms with Crippen molar-refractivity contribution in [3.63, 3.8) is 0 Å². The molecule has 8 heteroatoms. The molecule has 1 N–H and O–H groups in total. The van der Waals surface area contributed by atoms with Crippen LogP contribution in [0.5, 0.6) is 0 Å². The summed E-state index contributed by atoms with van der Waals surface area (Å²) in [4.78, 5) is 9.95. The monoisotopic (exact) mass is 280 g/mol. The average Bonchev–Trinajstić information content (AvgIpc) is 3.08. The van der Waals surface area contributed by atoms with Crippen molar-refractivity contribution in [2.45, 2.75) is 32.7 Å². The van der Waals surface area contributed by atoms with Crippen LogP contribution in [-0.2, 0) is 0 Å². The van der Waals surface area contributed by atoms with Crippen LogP contribution in [0, 0.1) is 10.1 Å². The van der Waals surface area contributed by atoms with Crippen molar-refractivity contribution >= 4 is 5.88 Å². The van der Waals surface area contributed by atoms with Gasteiger partial charge in [-0.3, -0.25) is 10.1 Å². The van der Waals surface area contributed by atoms with E-state index in [1.807, 2.05) is 6.92 Å². The molecule has 0 fully saturated rings. The standard InChI is InChI=1S/C12H16N4O4/c1-3-7-13-8(4-2)11-14-15-12(20-11)9-5-6-10(19-9)16(17)18/h5-6,8,13H,3-4,7H2,1-2H3. The molecule has 108 valence electrons. The van der Waals surface area contributed by atoms with Crippen LogP contribution in [-0.4, -0.2) is 21.7 Å². The molecule has 0 spiro atoms. The Labute approximate surface area is 115 Å². The van der Waals surface area contributed by atoms with Crippen molar-refractivity contribution in [2.24, 2.45) is 0 Å². The van der Waals surface area contributed by atoms with E-state index in [9.17, 15) is 10.1 Å². The summed E-state index contributed by atoms with van der Waals surface area (Å²) in [6, 6.07) is 2.67. The molecule has 2 rings (SSSR count). The lowest BCUT2D eigenvalue weighted by Gasteiger charge is -2.11. The fourth-order valence-corrected chi connectivity index (χ4v) is 1.74. The molecule has 20 heavy (non-hydrogen) atoms. The third kappa shape index (κ3) is 3.02. The van der Waals surface area contributed by atoms with Gasteiger partial charge >= 0.3 is 5.88 Å². The SMILES string of the molecule is CCCNC(CC)c1nnc(-c2ccc([N+](=O)[O-])o2)o1. The van der Waals surface area contributed by atoms with Gasteiger partial charge in [-0.15, -0.1) is 10.2 Å². The number of nitro groups is 1. The number of furan rings is 1. The molecule has 2 aromatic rings. The lowest BCUT2D eigenvalue weighted by Crippen LogP contribution is -2.21. The lowest BCUT2D eigenvalue weighted by atomic mass is 10.2. The topological polar surface area (TPSA) is 107 Å². The van der Waals surface area contributed by atoms with E-state index in [2.05, 4.69) is 22.4 Å². The Morgan fingerprint density at radius 1 is 1.35 bits per heavy atom. The zero-order valence-electron chi connectivity index (χ0n) is 11.3. The first-order chi connectivity index (χ1) is 9.65. The number of rotatable bonds is 7. The van der Waals surface area contributed by atoms with Gasteiger partial charge in [0.2, 0.25) is 5.89 Å². The van der Waals surface area contributed by atoms with Gasteiger partial charge in [-0.25, -0.2) is 0 Å². The molecule has 0 saturated carbocycles. The number of hydrogen-bond acceptors (Lipinski definition) is 7. The van der Waals surface area contributed by atoms with Gasteiger partial charge in [0.1, 0.15) is 4.92 Å². The second-order valence-corrected chi connectivity index (χ2v) is 4.26. The van der Waals surface area contributed by atoms with Gasteiger partial charge in [0, 0.05) is 0 Å². The van der Waals surface area contributed by atoms with E-state index in [1.54, 1.807) is 0 Å². The van der Waals surface area contributed by atoms with E-state index in [4.69, 9.17) is 8.83 Å². The summed E-state index contributed by atoms with van der Waals surface area (Å²) >= 11 is 0. The number of nitrogens with zero attached hydrogens (tertiary/aromatic N) is 3. The smallest absolute Gasteiger partial charge is 0.416 e. The van der Waals surface area contributed by atoms with E-state index < -0.39 is 4.92 Å². The highest BCUT2D eigenvalue weighted by Crippen LogP contribution is 2.26. The third-order valence-electron chi connectivity index (χ3n) is 2.77. The predicted octanol–water partition coefficient (Wildman–Crippen LogP) is 2.69. The molecule has 0 amide bonds. The summed E-state index contributed by atoms with van der Waals surface area (Å²) < 4.78 is 10.5. The van der Waals surface area contributed by atoms with Crippen LogP contribution in [0.3, 0.4) is 0 Å². The molecule has 0 saturated heterocycles. The quantitative estimate of drug-likeness (QED) is 0.613. The van der Waals surface area contributed by atoms with E-state index in [-0.39, 0.29) is 23.6 Å². The van der Waals surface area contributed by atoms with Crippen molar-refractivity contribution in [3.8, 4) is 11.7 Å². The Hall–Kier alpha value is -2.22. The van der Waals surface area contributed by atoms with Crippen molar-refractivity contribution < 1.29 is 13.8 Å². The van der Waals surface area contributed by atoms with Gasteiger partial charge in [0.05, 0.1) is 12.1 Å². The van der Waals surface area contributed by atoms with Gasteiger partial charge < -0.3 is 14.2 Å².